The van der Waals surface area contributed by atoms with Gasteiger partial charge in [-0.1, -0.05) is 30.3 Å². The standard InChI is InChI=1S/C18H21NO4S/c1-12-11-24-15(14(12)16(20)23-18(2,3)4)19-17(21)22-10-13-8-6-5-7-9-13/h5-9,11H,10H2,1-4H3,(H,19,21). The molecule has 1 heterocycles. The zero-order valence-corrected chi connectivity index (χ0v) is 15.0. The predicted octanol–water partition coefficient (Wildman–Crippen LogP) is 4.76. The summed E-state index contributed by atoms with van der Waals surface area (Å²) in [6.45, 7) is 7.37. The minimum absolute atomic E-state index is 0.165. The zero-order valence-electron chi connectivity index (χ0n) is 14.2. The smallest absolute Gasteiger partial charge is 0.412 e. The van der Waals surface area contributed by atoms with E-state index in [2.05, 4.69) is 5.32 Å². The van der Waals surface area contributed by atoms with Crippen LogP contribution in [-0.4, -0.2) is 17.7 Å². The van der Waals surface area contributed by atoms with Gasteiger partial charge in [0.05, 0.1) is 5.56 Å². The van der Waals surface area contributed by atoms with Crippen LogP contribution in [0.2, 0.25) is 0 Å². The van der Waals surface area contributed by atoms with Crippen molar-refractivity contribution in [2.75, 3.05) is 5.32 Å². The Hall–Kier alpha value is -2.34. The summed E-state index contributed by atoms with van der Waals surface area (Å²) < 4.78 is 10.6. The topological polar surface area (TPSA) is 64.6 Å². The Bertz CT molecular complexity index is 716. The van der Waals surface area contributed by atoms with Gasteiger partial charge >= 0.3 is 12.1 Å². The molecular weight excluding hydrogens is 326 g/mol. The van der Waals surface area contributed by atoms with Crippen LogP contribution in [0.1, 0.15) is 42.3 Å². The number of ether oxygens (including phenoxy) is 2. The van der Waals surface area contributed by atoms with Crippen molar-refractivity contribution in [1.82, 2.24) is 0 Å². The number of hydrogen-bond donors (Lipinski definition) is 1. The molecule has 0 bridgehead atoms. The van der Waals surface area contributed by atoms with Crippen molar-refractivity contribution in [3.05, 3.63) is 52.4 Å². The number of thiophene rings is 1. The van der Waals surface area contributed by atoms with E-state index in [9.17, 15) is 9.59 Å². The molecule has 0 radical (unpaired) electrons. The van der Waals surface area contributed by atoms with Gasteiger partial charge in [-0.25, -0.2) is 9.59 Å². The molecule has 0 aliphatic carbocycles. The van der Waals surface area contributed by atoms with Crippen molar-refractivity contribution in [3.63, 3.8) is 0 Å². The number of rotatable bonds is 4. The van der Waals surface area contributed by atoms with Gasteiger partial charge in [-0.05, 0) is 44.2 Å². The van der Waals surface area contributed by atoms with Crippen molar-refractivity contribution >= 4 is 28.4 Å². The fourth-order valence-electron chi connectivity index (χ4n) is 1.97. The molecule has 0 unspecified atom stereocenters. The maximum absolute atomic E-state index is 12.3. The van der Waals surface area contributed by atoms with E-state index in [0.717, 1.165) is 11.1 Å². The van der Waals surface area contributed by atoms with Gasteiger partial charge in [0, 0.05) is 0 Å². The molecule has 0 aliphatic rings. The highest BCUT2D eigenvalue weighted by molar-refractivity contribution is 7.15. The van der Waals surface area contributed by atoms with E-state index in [1.165, 1.54) is 11.3 Å². The van der Waals surface area contributed by atoms with Gasteiger partial charge in [-0.2, -0.15) is 0 Å². The molecule has 5 nitrogen and oxygen atoms in total. The lowest BCUT2D eigenvalue weighted by Gasteiger charge is -2.20. The van der Waals surface area contributed by atoms with Gasteiger partial charge in [0.25, 0.3) is 0 Å². The van der Waals surface area contributed by atoms with Crippen molar-refractivity contribution in [3.8, 4) is 0 Å². The lowest BCUT2D eigenvalue weighted by molar-refractivity contribution is 0.00705. The van der Waals surface area contributed by atoms with Gasteiger partial charge in [0.15, 0.2) is 0 Å². The van der Waals surface area contributed by atoms with E-state index in [0.29, 0.717) is 10.6 Å². The Morgan fingerprint density at radius 1 is 1.17 bits per heavy atom. The second kappa shape index (κ2) is 7.49. The summed E-state index contributed by atoms with van der Waals surface area (Å²) in [6, 6.07) is 9.38. The molecule has 0 spiro atoms. The highest BCUT2D eigenvalue weighted by atomic mass is 32.1. The molecule has 1 amide bonds. The minimum Gasteiger partial charge on any atom is -0.456 e. The van der Waals surface area contributed by atoms with E-state index >= 15 is 0 Å². The normalized spacial score (nSPS) is 11.0. The maximum atomic E-state index is 12.3. The third kappa shape index (κ3) is 5.09. The highest BCUT2D eigenvalue weighted by Crippen LogP contribution is 2.29. The third-order valence-electron chi connectivity index (χ3n) is 3.01. The second-order valence-electron chi connectivity index (χ2n) is 6.31. The Morgan fingerprint density at radius 3 is 2.46 bits per heavy atom. The Balaban J connectivity index is 2.02. The van der Waals surface area contributed by atoms with E-state index in [1.54, 1.807) is 33.1 Å². The minimum atomic E-state index is -0.606. The summed E-state index contributed by atoms with van der Waals surface area (Å²) in [5, 5.41) is 4.85. The van der Waals surface area contributed by atoms with E-state index in [4.69, 9.17) is 9.47 Å². The molecule has 0 fully saturated rings. The van der Waals surface area contributed by atoms with Crippen LogP contribution in [0.4, 0.5) is 9.80 Å². The number of amides is 1. The molecule has 1 N–H and O–H groups in total. The predicted molar refractivity (Wildman–Crippen MR) is 94.5 cm³/mol. The fraction of sp³-hybridized carbons (Fsp3) is 0.333. The molecule has 2 rings (SSSR count). The van der Waals surface area contributed by atoms with Crippen LogP contribution < -0.4 is 5.32 Å². The van der Waals surface area contributed by atoms with E-state index in [1.807, 2.05) is 30.3 Å². The number of benzene rings is 1. The number of esters is 1. The summed E-state index contributed by atoms with van der Waals surface area (Å²) in [5.74, 6) is -0.459. The zero-order chi connectivity index (χ0) is 17.7. The Kier molecular flexibility index (Phi) is 5.62. The first-order valence-electron chi connectivity index (χ1n) is 7.55. The number of anilines is 1. The first-order valence-corrected chi connectivity index (χ1v) is 8.43. The van der Waals surface area contributed by atoms with Crippen LogP contribution in [0.25, 0.3) is 0 Å². The third-order valence-corrected chi connectivity index (χ3v) is 4.02. The van der Waals surface area contributed by atoms with Crippen molar-refractivity contribution < 1.29 is 19.1 Å². The summed E-state index contributed by atoms with van der Waals surface area (Å²) in [5.41, 5.74) is 1.41. The van der Waals surface area contributed by atoms with Crippen LogP contribution in [-0.2, 0) is 16.1 Å². The van der Waals surface area contributed by atoms with Crippen LogP contribution in [0.15, 0.2) is 35.7 Å². The Labute approximate surface area is 145 Å². The molecule has 0 saturated heterocycles. The second-order valence-corrected chi connectivity index (χ2v) is 7.19. The number of carbonyl (C=O) groups is 2. The average molecular weight is 347 g/mol. The van der Waals surface area contributed by atoms with Gasteiger partial charge in [0.2, 0.25) is 0 Å². The van der Waals surface area contributed by atoms with Crippen molar-refractivity contribution in [1.29, 1.82) is 0 Å². The van der Waals surface area contributed by atoms with Gasteiger partial charge in [-0.3, -0.25) is 5.32 Å². The molecule has 0 aliphatic heterocycles. The summed E-state index contributed by atoms with van der Waals surface area (Å²) >= 11 is 1.27. The maximum Gasteiger partial charge on any atom is 0.412 e. The van der Waals surface area contributed by atoms with Crippen molar-refractivity contribution in [2.24, 2.45) is 0 Å². The SMILES string of the molecule is Cc1csc(NC(=O)OCc2ccccc2)c1C(=O)OC(C)(C)C. The van der Waals surface area contributed by atoms with E-state index in [-0.39, 0.29) is 6.61 Å². The molecule has 1 aromatic carbocycles. The quantitative estimate of drug-likeness (QED) is 0.810. The molecule has 0 atom stereocenters. The summed E-state index contributed by atoms with van der Waals surface area (Å²) in [6.07, 6.45) is -0.606. The summed E-state index contributed by atoms with van der Waals surface area (Å²) in [4.78, 5) is 24.3. The monoisotopic (exact) mass is 347 g/mol. The van der Waals surface area contributed by atoms with E-state index < -0.39 is 17.7 Å². The van der Waals surface area contributed by atoms with Crippen LogP contribution in [0, 0.1) is 6.92 Å². The van der Waals surface area contributed by atoms with Gasteiger partial charge in [0.1, 0.15) is 17.2 Å². The Morgan fingerprint density at radius 2 is 1.83 bits per heavy atom. The molecule has 24 heavy (non-hydrogen) atoms. The van der Waals surface area contributed by atoms with Crippen LogP contribution >= 0.6 is 11.3 Å². The van der Waals surface area contributed by atoms with Crippen LogP contribution in [0.5, 0.6) is 0 Å². The van der Waals surface area contributed by atoms with Gasteiger partial charge in [-0.15, -0.1) is 11.3 Å². The molecular formula is C18H21NO4S. The molecule has 128 valence electrons. The molecule has 0 saturated carbocycles. The lowest BCUT2D eigenvalue weighted by Crippen LogP contribution is -2.25. The number of nitrogens with one attached hydrogen (secondary N) is 1. The molecule has 2 aromatic rings. The number of hydrogen-bond acceptors (Lipinski definition) is 5. The molecule has 6 heteroatoms. The first kappa shape index (κ1) is 18.0. The largest absolute Gasteiger partial charge is 0.456 e. The highest BCUT2D eigenvalue weighted by Gasteiger charge is 2.24. The average Bonchev–Trinajstić information content (AvgIpc) is 2.85. The van der Waals surface area contributed by atoms with Crippen LogP contribution in [0.3, 0.4) is 0 Å². The molecule has 1 aromatic heterocycles. The lowest BCUT2D eigenvalue weighted by atomic mass is 10.1. The number of carbonyl (C=O) groups excluding carboxylic acids is 2. The van der Waals surface area contributed by atoms with Crippen molar-refractivity contribution in [2.45, 2.75) is 39.9 Å². The summed E-state index contributed by atoms with van der Waals surface area (Å²) in [7, 11) is 0. The van der Waals surface area contributed by atoms with Gasteiger partial charge < -0.3 is 9.47 Å². The fourth-order valence-corrected chi connectivity index (χ4v) is 2.89. The number of aryl methyl sites for hydroxylation is 1. The first-order chi connectivity index (χ1) is 11.3.